The van der Waals surface area contributed by atoms with Gasteiger partial charge in [-0.15, -0.1) is 0 Å². The van der Waals surface area contributed by atoms with Crippen molar-refractivity contribution in [1.82, 2.24) is 0 Å². The van der Waals surface area contributed by atoms with E-state index in [2.05, 4.69) is 0 Å². The predicted molar refractivity (Wildman–Crippen MR) is 120 cm³/mol. The van der Waals surface area contributed by atoms with Crippen LogP contribution < -0.4 is 3.71 Å². The molecule has 0 aliphatic carbocycles. The van der Waals surface area contributed by atoms with E-state index in [-0.39, 0.29) is 32.3 Å². The van der Waals surface area contributed by atoms with Crippen LogP contribution in [0.4, 0.5) is 5.69 Å². The van der Waals surface area contributed by atoms with E-state index in [1.165, 1.54) is 18.2 Å². The first-order valence-corrected chi connectivity index (χ1v) is 12.8. The minimum absolute atomic E-state index is 0.0108. The second-order valence-electron chi connectivity index (χ2n) is 6.65. The topological polar surface area (TPSA) is 74.7 Å². The van der Waals surface area contributed by atoms with Crippen molar-refractivity contribution < 1.29 is 17.7 Å². The summed E-state index contributed by atoms with van der Waals surface area (Å²) < 4.78 is 41.2. The summed E-state index contributed by atoms with van der Waals surface area (Å²) in [7, 11) is -6.16. The number of hydrogen-bond acceptors (Lipinski definition) is 4. The molecule has 0 aromatic heterocycles. The van der Waals surface area contributed by atoms with Gasteiger partial charge in [0.15, 0.2) is 0 Å². The summed E-state index contributed by atoms with van der Waals surface area (Å²) in [6.45, 7) is 5.18. The maximum atomic E-state index is 13.7. The molecule has 0 amide bonds. The Kier molecular flexibility index (Phi) is 8.55. The van der Waals surface area contributed by atoms with E-state index in [0.717, 1.165) is 16.6 Å². The minimum atomic E-state index is -4.25. The van der Waals surface area contributed by atoms with Crippen LogP contribution in [0.15, 0.2) is 41.3 Å². The molecule has 2 aromatic carbocycles. The first-order valence-electron chi connectivity index (χ1n) is 9.29. The fraction of sp³-hybridized carbons (Fsp3) is 0.400. The molecule has 29 heavy (non-hydrogen) atoms. The molecule has 2 aromatic rings. The highest BCUT2D eigenvalue weighted by molar-refractivity contribution is 8.07. The summed E-state index contributed by atoms with van der Waals surface area (Å²) in [5.74, 6) is 0.0347. The average molecular weight is 478 g/mol. The fourth-order valence-electron chi connectivity index (χ4n) is 3.12. The van der Waals surface area contributed by atoms with Crippen molar-refractivity contribution in [2.45, 2.75) is 51.0 Å². The molecule has 2 atom stereocenters. The lowest BCUT2D eigenvalue weighted by Gasteiger charge is -2.27. The van der Waals surface area contributed by atoms with Gasteiger partial charge in [0.1, 0.15) is 11.0 Å². The van der Waals surface area contributed by atoms with Crippen LogP contribution in [0.5, 0.6) is 0 Å². The van der Waals surface area contributed by atoms with Crippen LogP contribution in [0.3, 0.4) is 0 Å². The standard InChI is InChI=1S/C20H25Cl2NO4S2/c1-4-6-14(3)18-10-9-17(22)12-20(18)29(26,27)23(28(25)5-2)19-11-16(21)8-7-15(19)13-24/h7-12,14,24H,4-6,13H2,1-3H3/t14-,28?/m1/s1. The van der Waals surface area contributed by atoms with Crippen LogP contribution in [0.25, 0.3) is 0 Å². The number of halogens is 2. The maximum absolute atomic E-state index is 13.7. The largest absolute Gasteiger partial charge is 0.392 e. The molecule has 0 aliphatic rings. The molecule has 0 fully saturated rings. The van der Waals surface area contributed by atoms with Crippen LogP contribution in [-0.2, 0) is 27.6 Å². The molecular weight excluding hydrogens is 453 g/mol. The maximum Gasteiger partial charge on any atom is 0.276 e. The molecule has 0 bridgehead atoms. The SMILES string of the molecule is CCC[C@@H](C)c1ccc(Cl)cc1S(=O)(=O)N(c1cc(Cl)ccc1CO)S(=O)CC. The van der Waals surface area contributed by atoms with Gasteiger partial charge in [-0.05, 0) is 42.2 Å². The van der Waals surface area contributed by atoms with Gasteiger partial charge in [-0.25, -0.2) is 12.6 Å². The first-order chi connectivity index (χ1) is 13.7. The van der Waals surface area contributed by atoms with Gasteiger partial charge >= 0.3 is 0 Å². The predicted octanol–water partition coefficient (Wildman–Crippen LogP) is 5.27. The molecule has 9 heteroatoms. The van der Waals surface area contributed by atoms with Crippen LogP contribution >= 0.6 is 23.2 Å². The normalized spacial score (nSPS) is 13.9. The quantitative estimate of drug-likeness (QED) is 0.533. The Balaban J connectivity index is 2.78. The molecule has 0 radical (unpaired) electrons. The molecule has 0 spiro atoms. The average Bonchev–Trinajstić information content (AvgIpc) is 2.68. The third kappa shape index (κ3) is 5.33. The number of aliphatic hydroxyl groups excluding tert-OH is 1. The van der Waals surface area contributed by atoms with Crippen molar-refractivity contribution >= 4 is 49.9 Å². The van der Waals surface area contributed by atoms with Gasteiger partial charge in [0.25, 0.3) is 10.0 Å². The molecule has 2 rings (SSSR count). The Bertz CT molecular complexity index is 996. The van der Waals surface area contributed by atoms with Crippen molar-refractivity contribution in [3.05, 3.63) is 57.6 Å². The summed E-state index contributed by atoms with van der Waals surface area (Å²) in [6.07, 6.45) is 1.68. The number of sulfonamides is 1. The number of rotatable bonds is 9. The molecule has 0 saturated carbocycles. The van der Waals surface area contributed by atoms with E-state index >= 15 is 0 Å². The van der Waals surface area contributed by atoms with E-state index < -0.39 is 27.6 Å². The van der Waals surface area contributed by atoms with Gasteiger partial charge in [-0.2, -0.15) is 3.71 Å². The molecule has 1 unspecified atom stereocenters. The minimum Gasteiger partial charge on any atom is -0.392 e. The van der Waals surface area contributed by atoms with Gasteiger partial charge in [-0.1, -0.05) is 62.5 Å². The van der Waals surface area contributed by atoms with Crippen LogP contribution in [-0.4, -0.2) is 23.5 Å². The number of benzene rings is 2. The summed E-state index contributed by atoms with van der Waals surface area (Å²) in [4.78, 5) is 0.0108. The number of aliphatic hydroxyl groups is 1. The first kappa shape index (κ1) is 24.2. The van der Waals surface area contributed by atoms with Gasteiger partial charge in [0.05, 0.1) is 17.2 Å². The van der Waals surface area contributed by atoms with E-state index in [1.54, 1.807) is 25.1 Å². The smallest absolute Gasteiger partial charge is 0.276 e. The molecule has 1 N–H and O–H groups in total. The highest BCUT2D eigenvalue weighted by Crippen LogP contribution is 2.36. The van der Waals surface area contributed by atoms with Crippen molar-refractivity contribution in [2.75, 3.05) is 9.46 Å². The van der Waals surface area contributed by atoms with E-state index in [0.29, 0.717) is 11.1 Å². The Morgan fingerprint density at radius 1 is 1.10 bits per heavy atom. The van der Waals surface area contributed by atoms with Crippen molar-refractivity contribution in [2.24, 2.45) is 0 Å². The van der Waals surface area contributed by atoms with Crippen LogP contribution in [0, 0.1) is 0 Å². The summed E-state index contributed by atoms with van der Waals surface area (Å²) in [5, 5.41) is 10.3. The number of anilines is 1. The molecule has 0 aliphatic heterocycles. The van der Waals surface area contributed by atoms with E-state index in [1.807, 2.05) is 13.8 Å². The number of hydrogen-bond donors (Lipinski definition) is 1. The third-order valence-electron chi connectivity index (χ3n) is 4.57. The van der Waals surface area contributed by atoms with Crippen LogP contribution in [0.1, 0.15) is 50.7 Å². The van der Waals surface area contributed by atoms with E-state index in [4.69, 9.17) is 23.2 Å². The zero-order valence-corrected chi connectivity index (χ0v) is 19.7. The lowest BCUT2D eigenvalue weighted by Crippen LogP contribution is -2.35. The van der Waals surface area contributed by atoms with Crippen molar-refractivity contribution in [3.63, 3.8) is 0 Å². The number of nitrogens with zero attached hydrogens (tertiary/aromatic N) is 1. The molecule has 160 valence electrons. The monoisotopic (exact) mass is 477 g/mol. The zero-order chi connectivity index (χ0) is 21.8. The van der Waals surface area contributed by atoms with Crippen molar-refractivity contribution in [3.8, 4) is 0 Å². The molecule has 0 heterocycles. The Morgan fingerprint density at radius 3 is 2.31 bits per heavy atom. The Morgan fingerprint density at radius 2 is 1.72 bits per heavy atom. The summed E-state index contributed by atoms with van der Waals surface area (Å²) >= 11 is 12.2. The Hall–Kier alpha value is -1.12. The highest BCUT2D eigenvalue weighted by atomic mass is 35.5. The molecule has 0 saturated heterocycles. The second-order valence-corrected chi connectivity index (χ2v) is 11.1. The second kappa shape index (κ2) is 10.3. The van der Waals surface area contributed by atoms with Gasteiger partial charge in [0.2, 0.25) is 0 Å². The molecular formula is C20H25Cl2NO4S2. The third-order valence-corrected chi connectivity index (χ3v) is 8.73. The Labute approximate surface area is 185 Å². The fourth-order valence-corrected chi connectivity index (χ4v) is 7.03. The zero-order valence-electron chi connectivity index (χ0n) is 16.6. The van der Waals surface area contributed by atoms with Gasteiger partial charge < -0.3 is 5.11 Å². The van der Waals surface area contributed by atoms with Gasteiger partial charge in [0, 0.05) is 21.4 Å². The van der Waals surface area contributed by atoms with Crippen LogP contribution in [0.2, 0.25) is 10.0 Å². The summed E-state index contributed by atoms with van der Waals surface area (Å²) in [6, 6.07) is 9.21. The van der Waals surface area contributed by atoms with Gasteiger partial charge in [-0.3, -0.25) is 0 Å². The lowest BCUT2D eigenvalue weighted by molar-refractivity contribution is 0.282. The summed E-state index contributed by atoms with van der Waals surface area (Å²) in [5.41, 5.74) is 1.01. The van der Waals surface area contributed by atoms with E-state index in [9.17, 15) is 17.7 Å². The molecule has 5 nitrogen and oxygen atoms in total. The lowest BCUT2D eigenvalue weighted by atomic mass is 9.97. The van der Waals surface area contributed by atoms with Crippen molar-refractivity contribution in [1.29, 1.82) is 0 Å². The highest BCUT2D eigenvalue weighted by Gasteiger charge is 2.34.